The molecule has 0 atom stereocenters. The van der Waals surface area contributed by atoms with E-state index in [1.54, 1.807) is 0 Å². The molecule has 1 aromatic rings. The van der Waals surface area contributed by atoms with Crippen molar-refractivity contribution < 1.29 is 0 Å². The Morgan fingerprint density at radius 2 is 1.93 bits per heavy atom. The lowest BCUT2D eigenvalue weighted by Gasteiger charge is -2.28. The standard InChI is InChI=1S/C13H20N2/c1-9-6-11(14)8-12(7-9)15-13(2,3)10-4-5-10/h6-8,10,15H,4-5,14H2,1-3H3. The summed E-state index contributed by atoms with van der Waals surface area (Å²) < 4.78 is 0. The highest BCUT2D eigenvalue weighted by Gasteiger charge is 2.37. The van der Waals surface area contributed by atoms with Crippen LogP contribution in [0.2, 0.25) is 0 Å². The molecule has 1 fully saturated rings. The Morgan fingerprint density at radius 3 is 2.47 bits per heavy atom. The zero-order valence-corrected chi connectivity index (χ0v) is 9.80. The molecule has 0 heterocycles. The monoisotopic (exact) mass is 204 g/mol. The molecule has 1 aromatic carbocycles. The fourth-order valence-electron chi connectivity index (χ4n) is 2.16. The Balaban J connectivity index is 2.16. The minimum Gasteiger partial charge on any atom is -0.399 e. The van der Waals surface area contributed by atoms with E-state index in [-0.39, 0.29) is 5.54 Å². The van der Waals surface area contributed by atoms with E-state index >= 15 is 0 Å². The Kier molecular flexibility index (Phi) is 2.37. The van der Waals surface area contributed by atoms with Crippen LogP contribution in [-0.4, -0.2) is 5.54 Å². The maximum atomic E-state index is 5.83. The largest absolute Gasteiger partial charge is 0.399 e. The molecule has 0 bridgehead atoms. The molecular formula is C13H20N2. The summed E-state index contributed by atoms with van der Waals surface area (Å²) in [6.07, 6.45) is 2.70. The normalized spacial score (nSPS) is 16.5. The number of hydrogen-bond acceptors (Lipinski definition) is 2. The van der Waals surface area contributed by atoms with Crippen molar-refractivity contribution in [2.24, 2.45) is 5.92 Å². The van der Waals surface area contributed by atoms with Gasteiger partial charge in [-0.1, -0.05) is 0 Å². The van der Waals surface area contributed by atoms with Gasteiger partial charge in [-0.2, -0.15) is 0 Å². The quantitative estimate of drug-likeness (QED) is 0.742. The number of aryl methyl sites for hydroxylation is 1. The lowest BCUT2D eigenvalue weighted by molar-refractivity contribution is 0.494. The van der Waals surface area contributed by atoms with E-state index < -0.39 is 0 Å². The molecular weight excluding hydrogens is 184 g/mol. The van der Waals surface area contributed by atoms with Crippen LogP contribution in [0.1, 0.15) is 32.3 Å². The number of anilines is 2. The van der Waals surface area contributed by atoms with Gasteiger partial charge in [0.2, 0.25) is 0 Å². The molecule has 82 valence electrons. The van der Waals surface area contributed by atoms with E-state index in [0.29, 0.717) is 0 Å². The second-order valence-corrected chi connectivity index (χ2v) is 5.25. The molecule has 15 heavy (non-hydrogen) atoms. The van der Waals surface area contributed by atoms with Gasteiger partial charge in [-0.15, -0.1) is 0 Å². The number of rotatable bonds is 3. The highest BCUT2D eigenvalue weighted by atomic mass is 15.0. The molecule has 2 heteroatoms. The second kappa shape index (κ2) is 3.44. The average Bonchev–Trinajstić information content (AvgIpc) is 2.80. The maximum Gasteiger partial charge on any atom is 0.0367 e. The lowest BCUT2D eigenvalue weighted by atomic mass is 9.98. The molecule has 2 rings (SSSR count). The molecule has 2 nitrogen and oxygen atoms in total. The maximum absolute atomic E-state index is 5.83. The molecule has 1 aliphatic rings. The molecule has 0 saturated heterocycles. The first-order valence-corrected chi connectivity index (χ1v) is 5.63. The van der Waals surface area contributed by atoms with Crippen LogP contribution in [0.4, 0.5) is 11.4 Å². The molecule has 0 aromatic heterocycles. The van der Waals surface area contributed by atoms with Crippen molar-refractivity contribution in [1.82, 2.24) is 0 Å². The van der Waals surface area contributed by atoms with E-state index in [4.69, 9.17) is 5.73 Å². The van der Waals surface area contributed by atoms with Gasteiger partial charge < -0.3 is 11.1 Å². The molecule has 0 spiro atoms. The van der Waals surface area contributed by atoms with Crippen LogP contribution in [-0.2, 0) is 0 Å². The smallest absolute Gasteiger partial charge is 0.0367 e. The average molecular weight is 204 g/mol. The van der Waals surface area contributed by atoms with E-state index in [1.165, 1.54) is 18.4 Å². The number of nitrogen functional groups attached to an aromatic ring is 1. The van der Waals surface area contributed by atoms with Crippen LogP contribution in [0.5, 0.6) is 0 Å². The van der Waals surface area contributed by atoms with Crippen molar-refractivity contribution in [1.29, 1.82) is 0 Å². The Bertz CT molecular complexity index is 345. The van der Waals surface area contributed by atoms with Crippen molar-refractivity contribution in [3.63, 3.8) is 0 Å². The molecule has 0 amide bonds. The first-order chi connectivity index (χ1) is 6.97. The molecule has 0 aliphatic heterocycles. The predicted octanol–water partition coefficient (Wildman–Crippen LogP) is 3.18. The molecule has 3 N–H and O–H groups in total. The van der Waals surface area contributed by atoms with Crippen LogP contribution in [0.3, 0.4) is 0 Å². The Labute approximate surface area is 91.9 Å². The van der Waals surface area contributed by atoms with Crippen LogP contribution >= 0.6 is 0 Å². The zero-order chi connectivity index (χ0) is 11.1. The summed E-state index contributed by atoms with van der Waals surface area (Å²) in [5, 5.41) is 3.58. The van der Waals surface area contributed by atoms with Gasteiger partial charge in [-0.25, -0.2) is 0 Å². The first kappa shape index (κ1) is 10.3. The van der Waals surface area contributed by atoms with E-state index in [2.05, 4.69) is 32.2 Å². The van der Waals surface area contributed by atoms with Gasteiger partial charge in [0.1, 0.15) is 0 Å². The summed E-state index contributed by atoms with van der Waals surface area (Å²) in [6.45, 7) is 6.61. The first-order valence-electron chi connectivity index (χ1n) is 5.63. The van der Waals surface area contributed by atoms with Gasteiger partial charge in [0, 0.05) is 16.9 Å². The second-order valence-electron chi connectivity index (χ2n) is 5.25. The van der Waals surface area contributed by atoms with Crippen molar-refractivity contribution in [2.75, 3.05) is 11.1 Å². The minimum atomic E-state index is 0.195. The number of nitrogens with one attached hydrogen (secondary N) is 1. The molecule has 1 saturated carbocycles. The topological polar surface area (TPSA) is 38.0 Å². The molecule has 0 unspecified atom stereocenters. The Hall–Kier alpha value is -1.18. The van der Waals surface area contributed by atoms with Gasteiger partial charge in [-0.3, -0.25) is 0 Å². The van der Waals surface area contributed by atoms with Crippen LogP contribution in [0.15, 0.2) is 18.2 Å². The SMILES string of the molecule is Cc1cc(N)cc(NC(C)(C)C2CC2)c1. The zero-order valence-electron chi connectivity index (χ0n) is 9.80. The summed E-state index contributed by atoms with van der Waals surface area (Å²) in [7, 11) is 0. The summed E-state index contributed by atoms with van der Waals surface area (Å²) in [4.78, 5) is 0. The third-order valence-corrected chi connectivity index (χ3v) is 3.16. The highest BCUT2D eigenvalue weighted by molar-refractivity contribution is 5.57. The lowest BCUT2D eigenvalue weighted by Crippen LogP contribution is -2.33. The third kappa shape index (κ3) is 2.44. The summed E-state index contributed by atoms with van der Waals surface area (Å²) in [6, 6.07) is 6.16. The van der Waals surface area contributed by atoms with Crippen molar-refractivity contribution in [3.05, 3.63) is 23.8 Å². The molecule has 0 radical (unpaired) electrons. The number of hydrogen-bond donors (Lipinski definition) is 2. The number of nitrogens with two attached hydrogens (primary N) is 1. The Morgan fingerprint density at radius 1 is 1.27 bits per heavy atom. The highest BCUT2D eigenvalue weighted by Crippen LogP contribution is 2.41. The van der Waals surface area contributed by atoms with E-state index in [1.807, 2.05) is 12.1 Å². The number of benzene rings is 1. The summed E-state index contributed by atoms with van der Waals surface area (Å²) in [5.41, 5.74) is 9.22. The third-order valence-electron chi connectivity index (χ3n) is 3.16. The van der Waals surface area contributed by atoms with Crippen molar-refractivity contribution in [3.8, 4) is 0 Å². The molecule has 1 aliphatic carbocycles. The predicted molar refractivity (Wildman–Crippen MR) is 66.0 cm³/mol. The van der Waals surface area contributed by atoms with E-state index in [9.17, 15) is 0 Å². The van der Waals surface area contributed by atoms with Gasteiger partial charge >= 0.3 is 0 Å². The van der Waals surface area contributed by atoms with E-state index in [0.717, 1.165) is 17.3 Å². The van der Waals surface area contributed by atoms with Crippen LogP contribution < -0.4 is 11.1 Å². The fraction of sp³-hybridized carbons (Fsp3) is 0.538. The summed E-state index contributed by atoms with van der Waals surface area (Å²) >= 11 is 0. The van der Waals surface area contributed by atoms with Gasteiger partial charge in [0.25, 0.3) is 0 Å². The van der Waals surface area contributed by atoms with Crippen LogP contribution in [0.25, 0.3) is 0 Å². The van der Waals surface area contributed by atoms with Gasteiger partial charge in [0.15, 0.2) is 0 Å². The van der Waals surface area contributed by atoms with Crippen LogP contribution in [0, 0.1) is 12.8 Å². The minimum absolute atomic E-state index is 0.195. The van der Waals surface area contributed by atoms with Gasteiger partial charge in [0.05, 0.1) is 0 Å². The van der Waals surface area contributed by atoms with Crippen molar-refractivity contribution >= 4 is 11.4 Å². The fourth-order valence-corrected chi connectivity index (χ4v) is 2.16. The van der Waals surface area contributed by atoms with Crippen molar-refractivity contribution in [2.45, 2.75) is 39.2 Å². The van der Waals surface area contributed by atoms with Gasteiger partial charge in [-0.05, 0) is 63.3 Å². The summed E-state index contributed by atoms with van der Waals surface area (Å²) in [5.74, 6) is 0.819.